The van der Waals surface area contributed by atoms with E-state index in [0.29, 0.717) is 6.54 Å². The second-order valence-electron chi connectivity index (χ2n) is 5.49. The Morgan fingerprint density at radius 3 is 3.14 bits per heavy atom. The molecule has 1 N–H and O–H groups in total. The molecular weight excluding hydrogens is 268 g/mol. The molecule has 2 aromatic rings. The number of amides is 1. The van der Waals surface area contributed by atoms with E-state index in [9.17, 15) is 4.79 Å². The van der Waals surface area contributed by atoms with E-state index in [1.54, 1.807) is 13.3 Å². The fourth-order valence-electron chi connectivity index (χ4n) is 2.80. The third kappa shape index (κ3) is 2.91. The molecule has 6 heteroatoms. The monoisotopic (exact) mass is 288 g/mol. The molecule has 0 unspecified atom stereocenters. The van der Waals surface area contributed by atoms with Gasteiger partial charge in [-0.2, -0.15) is 0 Å². The molecule has 0 aliphatic carbocycles. The molecule has 2 aromatic heterocycles. The summed E-state index contributed by atoms with van der Waals surface area (Å²) >= 11 is 0. The summed E-state index contributed by atoms with van der Waals surface area (Å²) in [6.07, 6.45) is 6.50. The quantitative estimate of drug-likeness (QED) is 0.898. The zero-order valence-electron chi connectivity index (χ0n) is 12.3. The topological polar surface area (TPSA) is 58.9 Å². The maximum absolute atomic E-state index is 12.3. The molecule has 1 fully saturated rings. The van der Waals surface area contributed by atoms with Crippen LogP contribution in [0, 0.1) is 0 Å². The van der Waals surface area contributed by atoms with E-state index in [-0.39, 0.29) is 18.1 Å². The van der Waals surface area contributed by atoms with E-state index < -0.39 is 0 Å². The van der Waals surface area contributed by atoms with Crippen molar-refractivity contribution in [2.75, 3.05) is 20.7 Å². The molecule has 0 aromatic carbocycles. The number of hydrogen-bond acceptors (Lipinski definition) is 4. The lowest BCUT2D eigenvalue weighted by Crippen LogP contribution is -2.41. The molecule has 0 saturated carbocycles. The fraction of sp³-hybridized carbons (Fsp3) is 0.467. The van der Waals surface area contributed by atoms with Gasteiger partial charge >= 0.3 is 0 Å². The van der Waals surface area contributed by atoms with Crippen LogP contribution in [0.1, 0.15) is 12.0 Å². The molecule has 1 aliphatic heterocycles. The number of rotatable bonds is 4. The van der Waals surface area contributed by atoms with Crippen molar-refractivity contribution in [1.29, 1.82) is 0 Å². The number of aromatic nitrogens is 2. The summed E-state index contributed by atoms with van der Waals surface area (Å²) in [4.78, 5) is 18.6. The maximum atomic E-state index is 12.3. The number of carbonyl (C=O) groups excluding carboxylic acids is 1. The average Bonchev–Trinajstić information content (AvgIpc) is 3.10. The van der Waals surface area contributed by atoms with Gasteiger partial charge in [0.2, 0.25) is 5.91 Å². The molecule has 21 heavy (non-hydrogen) atoms. The summed E-state index contributed by atoms with van der Waals surface area (Å²) in [5.41, 5.74) is 1.94. The van der Waals surface area contributed by atoms with Gasteiger partial charge in [-0.25, -0.2) is 4.98 Å². The summed E-state index contributed by atoms with van der Waals surface area (Å²) in [5, 5.41) is 3.00. The predicted molar refractivity (Wildman–Crippen MR) is 78.9 cm³/mol. The van der Waals surface area contributed by atoms with Crippen LogP contribution < -0.4 is 5.32 Å². The SMILES string of the molecule is CO[C@H]1C[C@@H](C(=O)NCc2ccn3ccnc3c2)N(C)C1. The van der Waals surface area contributed by atoms with Crippen molar-refractivity contribution >= 4 is 11.6 Å². The van der Waals surface area contributed by atoms with E-state index in [2.05, 4.69) is 10.3 Å². The number of nitrogens with zero attached hydrogens (tertiary/aromatic N) is 3. The number of likely N-dealkylation sites (tertiary alicyclic amines) is 1. The second-order valence-corrected chi connectivity index (χ2v) is 5.49. The smallest absolute Gasteiger partial charge is 0.237 e. The molecule has 112 valence electrons. The van der Waals surface area contributed by atoms with Crippen LogP contribution in [0.25, 0.3) is 5.65 Å². The van der Waals surface area contributed by atoms with Gasteiger partial charge in [0.15, 0.2) is 0 Å². The summed E-state index contributed by atoms with van der Waals surface area (Å²) in [7, 11) is 3.65. The molecule has 2 atom stereocenters. The minimum Gasteiger partial charge on any atom is -0.380 e. The third-order valence-electron chi connectivity index (χ3n) is 4.07. The first-order valence-electron chi connectivity index (χ1n) is 7.09. The van der Waals surface area contributed by atoms with Gasteiger partial charge in [-0.1, -0.05) is 0 Å². The van der Waals surface area contributed by atoms with Gasteiger partial charge in [-0.15, -0.1) is 0 Å². The first-order chi connectivity index (χ1) is 10.2. The first kappa shape index (κ1) is 14.0. The van der Waals surface area contributed by atoms with Crippen LogP contribution in [0.15, 0.2) is 30.7 Å². The Balaban J connectivity index is 1.60. The number of carbonyl (C=O) groups is 1. The van der Waals surface area contributed by atoms with Gasteiger partial charge in [-0.3, -0.25) is 9.69 Å². The molecule has 0 spiro atoms. The summed E-state index contributed by atoms with van der Waals surface area (Å²) < 4.78 is 7.28. The lowest BCUT2D eigenvalue weighted by atomic mass is 10.2. The van der Waals surface area contributed by atoms with E-state index in [1.165, 1.54) is 0 Å². The highest BCUT2D eigenvalue weighted by Crippen LogP contribution is 2.18. The normalized spacial score (nSPS) is 22.8. The Bertz CT molecular complexity index is 639. The number of methoxy groups -OCH3 is 1. The highest BCUT2D eigenvalue weighted by molar-refractivity contribution is 5.82. The van der Waals surface area contributed by atoms with Gasteiger partial charge in [-0.05, 0) is 31.2 Å². The molecule has 3 rings (SSSR count). The highest BCUT2D eigenvalue weighted by atomic mass is 16.5. The Morgan fingerprint density at radius 2 is 2.38 bits per heavy atom. The van der Waals surface area contributed by atoms with Crippen molar-refractivity contribution in [2.24, 2.45) is 0 Å². The van der Waals surface area contributed by atoms with Crippen molar-refractivity contribution in [2.45, 2.75) is 25.1 Å². The number of likely N-dealkylation sites (N-methyl/N-ethyl adjacent to an activating group) is 1. The van der Waals surface area contributed by atoms with Gasteiger partial charge < -0.3 is 14.5 Å². The van der Waals surface area contributed by atoms with Crippen molar-refractivity contribution < 1.29 is 9.53 Å². The van der Waals surface area contributed by atoms with Crippen LogP contribution >= 0.6 is 0 Å². The number of imidazole rings is 1. The highest BCUT2D eigenvalue weighted by Gasteiger charge is 2.34. The number of hydrogen-bond donors (Lipinski definition) is 1. The molecule has 3 heterocycles. The Labute approximate surface area is 123 Å². The minimum atomic E-state index is -0.106. The lowest BCUT2D eigenvalue weighted by Gasteiger charge is -2.18. The van der Waals surface area contributed by atoms with Gasteiger partial charge in [0.05, 0.1) is 12.1 Å². The van der Waals surface area contributed by atoms with Crippen molar-refractivity contribution in [1.82, 2.24) is 19.6 Å². The molecule has 6 nitrogen and oxygen atoms in total. The van der Waals surface area contributed by atoms with Gasteiger partial charge in [0.1, 0.15) is 5.65 Å². The summed E-state index contributed by atoms with van der Waals surface area (Å²) in [6.45, 7) is 1.32. The third-order valence-corrected chi connectivity index (χ3v) is 4.07. The van der Waals surface area contributed by atoms with Gasteiger partial charge in [0.25, 0.3) is 0 Å². The van der Waals surface area contributed by atoms with Crippen LogP contribution in [0.5, 0.6) is 0 Å². The van der Waals surface area contributed by atoms with Crippen molar-refractivity contribution in [3.63, 3.8) is 0 Å². The van der Waals surface area contributed by atoms with Crippen molar-refractivity contribution in [3.05, 3.63) is 36.3 Å². The lowest BCUT2D eigenvalue weighted by molar-refractivity contribution is -0.125. The number of fused-ring (bicyclic) bond motifs is 1. The van der Waals surface area contributed by atoms with Crippen LogP contribution in [0.2, 0.25) is 0 Å². The second kappa shape index (κ2) is 5.83. The maximum Gasteiger partial charge on any atom is 0.237 e. The Kier molecular flexibility index (Phi) is 3.90. The number of nitrogens with one attached hydrogen (secondary N) is 1. The summed E-state index contributed by atoms with van der Waals surface area (Å²) in [6, 6.07) is 3.87. The average molecular weight is 288 g/mol. The largest absolute Gasteiger partial charge is 0.380 e. The van der Waals surface area contributed by atoms with Crippen LogP contribution in [-0.4, -0.2) is 53.0 Å². The molecule has 1 saturated heterocycles. The molecule has 0 bridgehead atoms. The number of ether oxygens (including phenoxy) is 1. The predicted octanol–water partition coefficient (Wildman–Crippen LogP) is 0.670. The standard InChI is InChI=1S/C15H20N4O2/c1-18-10-12(21-2)8-13(18)15(20)17-9-11-3-5-19-6-4-16-14(19)7-11/h3-7,12-13H,8-10H2,1-2H3,(H,17,20)/t12-,13-/m0/s1. The van der Waals surface area contributed by atoms with Crippen molar-refractivity contribution in [3.8, 4) is 0 Å². The zero-order chi connectivity index (χ0) is 14.8. The zero-order valence-corrected chi connectivity index (χ0v) is 12.3. The Hall–Kier alpha value is -1.92. The molecule has 0 radical (unpaired) electrons. The minimum absolute atomic E-state index is 0.0558. The van der Waals surface area contributed by atoms with E-state index in [0.717, 1.165) is 24.2 Å². The summed E-state index contributed by atoms with van der Waals surface area (Å²) in [5.74, 6) is 0.0558. The van der Waals surface area contributed by atoms with Crippen LogP contribution in [-0.2, 0) is 16.1 Å². The van der Waals surface area contributed by atoms with Crippen LogP contribution in [0.3, 0.4) is 0 Å². The van der Waals surface area contributed by atoms with Gasteiger partial charge in [0, 0.05) is 38.8 Å². The number of pyridine rings is 1. The Morgan fingerprint density at radius 1 is 1.52 bits per heavy atom. The fourth-order valence-corrected chi connectivity index (χ4v) is 2.80. The molecule has 1 amide bonds. The van der Waals surface area contributed by atoms with E-state index >= 15 is 0 Å². The van der Waals surface area contributed by atoms with E-state index in [1.807, 2.05) is 40.9 Å². The van der Waals surface area contributed by atoms with E-state index in [4.69, 9.17) is 4.74 Å². The first-order valence-corrected chi connectivity index (χ1v) is 7.09. The molecular formula is C15H20N4O2. The molecule has 1 aliphatic rings. The van der Waals surface area contributed by atoms with Crippen LogP contribution in [0.4, 0.5) is 0 Å².